The van der Waals surface area contributed by atoms with E-state index in [-0.39, 0.29) is 11.8 Å². The minimum Gasteiger partial charge on any atom is -0.336 e. The van der Waals surface area contributed by atoms with Gasteiger partial charge in [0.15, 0.2) is 11.5 Å². The number of benzene rings is 1. The molecule has 1 fully saturated rings. The van der Waals surface area contributed by atoms with Crippen LogP contribution in [0, 0.1) is 12.8 Å². The van der Waals surface area contributed by atoms with Gasteiger partial charge >= 0.3 is 0 Å². The van der Waals surface area contributed by atoms with E-state index in [4.69, 9.17) is 9.97 Å². The average molecular weight is 501 g/mol. The van der Waals surface area contributed by atoms with E-state index in [2.05, 4.69) is 49.5 Å². The number of nitrogens with one attached hydrogen (secondary N) is 3. The molecule has 0 saturated heterocycles. The van der Waals surface area contributed by atoms with Crippen molar-refractivity contribution in [3.8, 4) is 34.0 Å². The number of aromatic amines is 2. The quantitative estimate of drug-likeness (QED) is 0.280. The van der Waals surface area contributed by atoms with Crippen LogP contribution in [0.5, 0.6) is 0 Å². The van der Waals surface area contributed by atoms with E-state index in [9.17, 15) is 4.79 Å². The fraction of sp³-hybridized carbons (Fsp3) is 0.172. The maximum absolute atomic E-state index is 12.4. The highest BCUT2D eigenvalue weighted by Gasteiger charge is 2.25. The second-order valence-corrected chi connectivity index (χ2v) is 9.75. The van der Waals surface area contributed by atoms with Crippen LogP contribution in [0.4, 0.5) is 5.69 Å². The fourth-order valence-electron chi connectivity index (χ4n) is 4.84. The SMILES string of the molecule is Cc1cccc(-c2nccc3[nH]c(-c4n[nH]c5ccc(-c6cncc(NC(=O)C7CCC7)c6)nc45)nc23)c1. The van der Waals surface area contributed by atoms with E-state index in [1.807, 2.05) is 36.4 Å². The summed E-state index contributed by atoms with van der Waals surface area (Å²) in [6.45, 7) is 2.06. The Bertz CT molecular complexity index is 1830. The lowest BCUT2D eigenvalue weighted by Gasteiger charge is -2.24. The molecule has 0 atom stereocenters. The minimum atomic E-state index is 0.0557. The van der Waals surface area contributed by atoms with Gasteiger partial charge in [-0.1, -0.05) is 30.2 Å². The third-order valence-electron chi connectivity index (χ3n) is 7.10. The van der Waals surface area contributed by atoms with Crippen LogP contribution in [0.1, 0.15) is 24.8 Å². The largest absolute Gasteiger partial charge is 0.336 e. The van der Waals surface area contributed by atoms with Gasteiger partial charge in [0.2, 0.25) is 5.91 Å². The van der Waals surface area contributed by atoms with Gasteiger partial charge in [0.1, 0.15) is 11.0 Å². The van der Waals surface area contributed by atoms with Crippen LogP contribution in [0.15, 0.2) is 67.1 Å². The molecule has 5 heterocycles. The number of amides is 1. The highest BCUT2D eigenvalue weighted by Crippen LogP contribution is 2.32. The minimum absolute atomic E-state index is 0.0557. The number of nitrogens with zero attached hydrogens (tertiary/aromatic N) is 5. The predicted octanol–water partition coefficient (Wildman–Crippen LogP) is 5.67. The number of aryl methyl sites for hydroxylation is 1. The van der Waals surface area contributed by atoms with Crippen molar-refractivity contribution >= 4 is 33.7 Å². The Hall–Kier alpha value is -4.92. The van der Waals surface area contributed by atoms with Crippen molar-refractivity contribution in [2.75, 3.05) is 5.32 Å². The zero-order valence-electron chi connectivity index (χ0n) is 20.7. The number of anilines is 1. The number of pyridine rings is 3. The molecule has 9 heteroatoms. The van der Waals surface area contributed by atoms with Crippen LogP contribution >= 0.6 is 0 Å². The summed E-state index contributed by atoms with van der Waals surface area (Å²) in [5.74, 6) is 0.768. The van der Waals surface area contributed by atoms with Gasteiger partial charge in [-0.2, -0.15) is 5.10 Å². The molecular weight excluding hydrogens is 476 g/mol. The molecule has 7 rings (SSSR count). The maximum atomic E-state index is 12.4. The molecule has 0 unspecified atom stereocenters. The van der Waals surface area contributed by atoms with Crippen molar-refractivity contribution in [3.05, 3.63) is 72.7 Å². The summed E-state index contributed by atoms with van der Waals surface area (Å²) in [4.78, 5) is 34.5. The van der Waals surface area contributed by atoms with Gasteiger partial charge in [-0.3, -0.25) is 19.9 Å². The van der Waals surface area contributed by atoms with E-state index in [0.717, 1.165) is 63.9 Å². The smallest absolute Gasteiger partial charge is 0.227 e. The van der Waals surface area contributed by atoms with E-state index in [0.29, 0.717) is 22.7 Å². The Morgan fingerprint density at radius 1 is 0.947 bits per heavy atom. The summed E-state index contributed by atoms with van der Waals surface area (Å²) >= 11 is 0. The number of aromatic nitrogens is 7. The molecule has 6 aromatic rings. The molecule has 1 aliphatic carbocycles. The summed E-state index contributed by atoms with van der Waals surface area (Å²) in [6.07, 6.45) is 8.20. The molecule has 1 aromatic carbocycles. The van der Waals surface area contributed by atoms with Crippen LogP contribution < -0.4 is 5.32 Å². The second-order valence-electron chi connectivity index (χ2n) is 9.75. The summed E-state index contributed by atoms with van der Waals surface area (Å²) < 4.78 is 0. The Morgan fingerprint density at radius 2 is 1.84 bits per heavy atom. The van der Waals surface area contributed by atoms with Crippen molar-refractivity contribution in [1.29, 1.82) is 0 Å². The first-order valence-corrected chi connectivity index (χ1v) is 12.7. The van der Waals surface area contributed by atoms with Crippen LogP contribution in [-0.2, 0) is 4.79 Å². The number of hydrogen-bond acceptors (Lipinski definition) is 6. The van der Waals surface area contributed by atoms with Gasteiger partial charge in [0.05, 0.1) is 34.3 Å². The Labute approximate surface area is 217 Å². The van der Waals surface area contributed by atoms with Crippen LogP contribution in [0.3, 0.4) is 0 Å². The molecule has 1 aliphatic rings. The van der Waals surface area contributed by atoms with Gasteiger partial charge in [0.25, 0.3) is 0 Å². The van der Waals surface area contributed by atoms with E-state index in [1.54, 1.807) is 18.6 Å². The molecule has 1 amide bonds. The van der Waals surface area contributed by atoms with E-state index < -0.39 is 0 Å². The number of fused-ring (bicyclic) bond motifs is 2. The molecule has 5 aromatic heterocycles. The zero-order valence-corrected chi connectivity index (χ0v) is 20.7. The highest BCUT2D eigenvalue weighted by atomic mass is 16.1. The van der Waals surface area contributed by atoms with E-state index >= 15 is 0 Å². The van der Waals surface area contributed by atoms with Crippen LogP contribution in [0.2, 0.25) is 0 Å². The third kappa shape index (κ3) is 3.88. The van der Waals surface area contributed by atoms with Crippen LogP contribution in [-0.4, -0.2) is 41.0 Å². The number of imidazole rings is 1. The maximum Gasteiger partial charge on any atom is 0.227 e. The lowest BCUT2D eigenvalue weighted by Crippen LogP contribution is -2.28. The molecule has 186 valence electrons. The topological polar surface area (TPSA) is 125 Å². The Morgan fingerprint density at radius 3 is 2.68 bits per heavy atom. The third-order valence-corrected chi connectivity index (χ3v) is 7.10. The van der Waals surface area contributed by atoms with Gasteiger partial charge in [-0.25, -0.2) is 9.97 Å². The molecular formula is C29H24N8O. The lowest BCUT2D eigenvalue weighted by molar-refractivity contribution is -0.122. The molecule has 0 aliphatic heterocycles. The fourth-order valence-corrected chi connectivity index (χ4v) is 4.84. The van der Waals surface area contributed by atoms with Crippen molar-refractivity contribution in [2.45, 2.75) is 26.2 Å². The Balaban J connectivity index is 1.26. The summed E-state index contributed by atoms with van der Waals surface area (Å²) in [5.41, 5.74) is 8.95. The Kier molecular flexibility index (Phi) is 5.21. The molecule has 0 spiro atoms. The molecule has 1 saturated carbocycles. The first-order chi connectivity index (χ1) is 18.6. The van der Waals surface area contributed by atoms with Crippen molar-refractivity contribution < 1.29 is 4.79 Å². The molecule has 38 heavy (non-hydrogen) atoms. The summed E-state index contributed by atoms with van der Waals surface area (Å²) in [6, 6.07) is 15.9. The molecule has 0 radical (unpaired) electrons. The number of H-pyrrole nitrogens is 2. The average Bonchev–Trinajstić information content (AvgIpc) is 3.51. The van der Waals surface area contributed by atoms with E-state index in [1.165, 1.54) is 0 Å². The lowest BCUT2D eigenvalue weighted by atomic mass is 9.85. The van der Waals surface area contributed by atoms with Gasteiger partial charge in [0, 0.05) is 29.4 Å². The highest BCUT2D eigenvalue weighted by molar-refractivity contribution is 5.96. The second kappa shape index (κ2) is 8.88. The molecule has 9 nitrogen and oxygen atoms in total. The van der Waals surface area contributed by atoms with Crippen molar-refractivity contribution in [1.82, 2.24) is 35.1 Å². The summed E-state index contributed by atoms with van der Waals surface area (Å²) in [5, 5.41) is 10.6. The normalized spacial score (nSPS) is 13.6. The number of carbonyl (C=O) groups excluding carboxylic acids is 1. The van der Waals surface area contributed by atoms with Crippen molar-refractivity contribution in [3.63, 3.8) is 0 Å². The number of rotatable bonds is 5. The summed E-state index contributed by atoms with van der Waals surface area (Å²) in [7, 11) is 0. The first kappa shape index (κ1) is 22.3. The van der Waals surface area contributed by atoms with Crippen molar-refractivity contribution in [2.24, 2.45) is 5.92 Å². The zero-order chi connectivity index (χ0) is 25.6. The van der Waals surface area contributed by atoms with Gasteiger partial charge in [-0.15, -0.1) is 0 Å². The monoisotopic (exact) mass is 500 g/mol. The van der Waals surface area contributed by atoms with Gasteiger partial charge in [-0.05, 0) is 50.1 Å². The van der Waals surface area contributed by atoms with Crippen LogP contribution in [0.25, 0.3) is 56.1 Å². The number of carbonyl (C=O) groups is 1. The first-order valence-electron chi connectivity index (χ1n) is 12.7. The predicted molar refractivity (Wildman–Crippen MR) is 146 cm³/mol. The number of hydrogen-bond donors (Lipinski definition) is 3. The van der Waals surface area contributed by atoms with Gasteiger partial charge < -0.3 is 10.3 Å². The molecule has 0 bridgehead atoms. The standard InChI is InChI=1S/C29H24N8O/c1-16-4-2-7-18(12-16)24-25-22(10-11-31-24)34-28(35-25)27-26-23(36-37-27)9-8-21(33-26)19-13-20(15-30-14-19)32-29(38)17-5-3-6-17/h2,4,7-15,17H,3,5-6H2,1H3,(H,32,38)(H,34,35)(H,36,37). The molecule has 3 N–H and O–H groups in total.